The Kier molecular flexibility index (Phi) is 5.39. The molecule has 96 valence electrons. The van der Waals surface area contributed by atoms with Crippen molar-refractivity contribution in [3.8, 4) is 0 Å². The number of carboxylic acid groups (broad SMARTS) is 1. The average molecular weight is 268 g/mol. The normalized spacial score (nSPS) is 11.6. The van der Waals surface area contributed by atoms with E-state index in [1.165, 1.54) is 6.08 Å². The van der Waals surface area contributed by atoms with Crippen molar-refractivity contribution in [2.75, 3.05) is 6.54 Å². The minimum Gasteiger partial charge on any atom is -0.481 e. The second-order valence-corrected chi connectivity index (χ2v) is 4.17. The molecule has 1 atom stereocenters. The fourth-order valence-electron chi connectivity index (χ4n) is 1.53. The number of carboxylic acids is 1. The maximum atomic E-state index is 11.9. The van der Waals surface area contributed by atoms with Crippen LogP contribution in [0.15, 0.2) is 36.9 Å². The largest absolute Gasteiger partial charge is 0.481 e. The van der Waals surface area contributed by atoms with Crippen molar-refractivity contribution in [1.29, 1.82) is 0 Å². The van der Waals surface area contributed by atoms with Crippen molar-refractivity contribution in [3.63, 3.8) is 0 Å². The second-order valence-electron chi connectivity index (χ2n) is 3.74. The van der Waals surface area contributed by atoms with Crippen molar-refractivity contribution in [1.82, 2.24) is 5.32 Å². The van der Waals surface area contributed by atoms with Crippen LogP contribution in [0.25, 0.3) is 0 Å². The number of halogens is 1. The zero-order chi connectivity index (χ0) is 13.5. The molecule has 2 N–H and O–H groups in total. The lowest BCUT2D eigenvalue weighted by Gasteiger charge is -2.14. The third-order valence-corrected chi connectivity index (χ3v) is 2.64. The van der Waals surface area contributed by atoms with Gasteiger partial charge in [-0.2, -0.15) is 0 Å². The summed E-state index contributed by atoms with van der Waals surface area (Å²) in [6.07, 6.45) is 1.28. The maximum absolute atomic E-state index is 11.9. The molecular formula is C13H14ClNO3. The Morgan fingerprint density at radius 1 is 1.39 bits per heavy atom. The molecule has 18 heavy (non-hydrogen) atoms. The van der Waals surface area contributed by atoms with Crippen LogP contribution in [-0.2, 0) is 9.59 Å². The molecular weight excluding hydrogens is 254 g/mol. The van der Waals surface area contributed by atoms with E-state index in [1.54, 1.807) is 24.3 Å². The lowest BCUT2D eigenvalue weighted by molar-refractivity contribution is -0.139. The van der Waals surface area contributed by atoms with Gasteiger partial charge in [0.05, 0.1) is 12.3 Å². The molecule has 0 radical (unpaired) electrons. The van der Waals surface area contributed by atoms with Crippen LogP contribution in [0.4, 0.5) is 0 Å². The second kappa shape index (κ2) is 6.81. The fraction of sp³-hybridized carbons (Fsp3) is 0.231. The molecule has 4 nitrogen and oxygen atoms in total. The van der Waals surface area contributed by atoms with Crippen molar-refractivity contribution >= 4 is 23.5 Å². The highest BCUT2D eigenvalue weighted by Gasteiger charge is 2.23. The topological polar surface area (TPSA) is 66.4 Å². The Hall–Kier alpha value is -1.81. The number of carbonyl (C=O) groups excluding carboxylic acids is 1. The van der Waals surface area contributed by atoms with Gasteiger partial charge in [0.25, 0.3) is 0 Å². The van der Waals surface area contributed by atoms with Crippen LogP contribution in [-0.4, -0.2) is 23.5 Å². The van der Waals surface area contributed by atoms with E-state index in [0.29, 0.717) is 17.1 Å². The first-order chi connectivity index (χ1) is 8.54. The first-order valence-electron chi connectivity index (χ1n) is 5.40. The lowest BCUT2D eigenvalue weighted by Crippen LogP contribution is -2.30. The van der Waals surface area contributed by atoms with Crippen molar-refractivity contribution < 1.29 is 14.7 Å². The van der Waals surface area contributed by atoms with E-state index < -0.39 is 11.9 Å². The molecule has 0 heterocycles. The molecule has 5 heteroatoms. The molecule has 1 aromatic rings. The molecule has 0 aliphatic heterocycles. The molecule has 0 saturated carbocycles. The number of hydrogen-bond donors (Lipinski definition) is 2. The Labute approximate surface area is 110 Å². The van der Waals surface area contributed by atoms with Gasteiger partial charge in [0.2, 0.25) is 5.91 Å². The molecule has 0 saturated heterocycles. The van der Waals surface area contributed by atoms with E-state index >= 15 is 0 Å². The molecule has 0 aromatic heterocycles. The van der Waals surface area contributed by atoms with Gasteiger partial charge in [-0.05, 0) is 17.7 Å². The summed E-state index contributed by atoms with van der Waals surface area (Å²) in [7, 11) is 0. The number of aliphatic carboxylic acids is 1. The summed E-state index contributed by atoms with van der Waals surface area (Å²) in [4.78, 5) is 22.7. The SMILES string of the molecule is C=CCNC(=O)C(CC(=O)O)c1ccc(Cl)cc1. The molecule has 1 rings (SSSR count). The zero-order valence-electron chi connectivity index (χ0n) is 9.73. The summed E-state index contributed by atoms with van der Waals surface area (Å²) in [5, 5.41) is 12.0. The van der Waals surface area contributed by atoms with Gasteiger partial charge < -0.3 is 10.4 Å². The highest BCUT2D eigenvalue weighted by molar-refractivity contribution is 6.30. The van der Waals surface area contributed by atoms with Crippen LogP contribution in [0.1, 0.15) is 17.9 Å². The number of carbonyl (C=O) groups is 2. The number of rotatable bonds is 6. The van der Waals surface area contributed by atoms with E-state index in [2.05, 4.69) is 11.9 Å². The predicted molar refractivity (Wildman–Crippen MR) is 69.7 cm³/mol. The van der Waals surface area contributed by atoms with Gasteiger partial charge in [-0.25, -0.2) is 0 Å². The monoisotopic (exact) mass is 267 g/mol. The summed E-state index contributed by atoms with van der Waals surface area (Å²) in [5.41, 5.74) is 0.628. The van der Waals surface area contributed by atoms with Crippen LogP contribution >= 0.6 is 11.6 Å². The van der Waals surface area contributed by atoms with Gasteiger partial charge in [0, 0.05) is 11.6 Å². The van der Waals surface area contributed by atoms with Gasteiger partial charge >= 0.3 is 5.97 Å². The van der Waals surface area contributed by atoms with Gasteiger partial charge in [-0.1, -0.05) is 29.8 Å². The quantitative estimate of drug-likeness (QED) is 0.777. The number of hydrogen-bond acceptors (Lipinski definition) is 2. The molecule has 0 aliphatic rings. The minimum absolute atomic E-state index is 0.259. The van der Waals surface area contributed by atoms with Gasteiger partial charge in [-0.15, -0.1) is 6.58 Å². The Morgan fingerprint density at radius 3 is 2.50 bits per heavy atom. The first-order valence-corrected chi connectivity index (χ1v) is 5.78. The molecule has 0 bridgehead atoms. The van der Waals surface area contributed by atoms with E-state index in [4.69, 9.17) is 16.7 Å². The summed E-state index contributed by atoms with van der Waals surface area (Å²) in [5.74, 6) is -2.08. The van der Waals surface area contributed by atoms with Crippen LogP contribution in [0.5, 0.6) is 0 Å². The Bertz CT molecular complexity index is 442. The molecule has 1 unspecified atom stereocenters. The van der Waals surface area contributed by atoms with Crippen LogP contribution in [0.3, 0.4) is 0 Å². The Morgan fingerprint density at radius 2 is 2.00 bits per heavy atom. The van der Waals surface area contributed by atoms with Crippen LogP contribution < -0.4 is 5.32 Å². The zero-order valence-corrected chi connectivity index (χ0v) is 10.5. The predicted octanol–water partition coefficient (Wildman–Crippen LogP) is 2.20. The maximum Gasteiger partial charge on any atom is 0.304 e. The minimum atomic E-state index is -1.02. The average Bonchev–Trinajstić information content (AvgIpc) is 2.34. The third-order valence-electron chi connectivity index (χ3n) is 2.39. The summed E-state index contributed by atoms with van der Waals surface area (Å²) >= 11 is 5.76. The van der Waals surface area contributed by atoms with E-state index in [-0.39, 0.29) is 12.3 Å². The van der Waals surface area contributed by atoms with Gasteiger partial charge in [0.1, 0.15) is 0 Å². The summed E-state index contributed by atoms with van der Waals surface area (Å²) < 4.78 is 0. The first kappa shape index (κ1) is 14.3. The molecule has 0 aliphatic carbocycles. The highest BCUT2D eigenvalue weighted by atomic mass is 35.5. The van der Waals surface area contributed by atoms with E-state index in [0.717, 1.165) is 0 Å². The van der Waals surface area contributed by atoms with Gasteiger partial charge in [-0.3, -0.25) is 9.59 Å². The van der Waals surface area contributed by atoms with Crippen molar-refractivity contribution in [2.24, 2.45) is 0 Å². The van der Waals surface area contributed by atoms with E-state index in [1.807, 2.05) is 0 Å². The number of nitrogens with one attached hydrogen (secondary N) is 1. The highest BCUT2D eigenvalue weighted by Crippen LogP contribution is 2.22. The molecule has 0 spiro atoms. The fourth-order valence-corrected chi connectivity index (χ4v) is 1.65. The van der Waals surface area contributed by atoms with Crippen molar-refractivity contribution in [3.05, 3.63) is 47.5 Å². The third kappa shape index (κ3) is 4.22. The standard InChI is InChI=1S/C13H14ClNO3/c1-2-7-15-13(18)11(8-12(16)17)9-3-5-10(14)6-4-9/h2-6,11H,1,7-8H2,(H,15,18)(H,16,17). The van der Waals surface area contributed by atoms with Crippen molar-refractivity contribution in [2.45, 2.75) is 12.3 Å². The smallest absolute Gasteiger partial charge is 0.304 e. The summed E-state index contributed by atoms with van der Waals surface area (Å²) in [6, 6.07) is 6.58. The van der Waals surface area contributed by atoms with Crippen LogP contribution in [0.2, 0.25) is 5.02 Å². The number of amides is 1. The number of benzene rings is 1. The summed E-state index contributed by atoms with van der Waals surface area (Å²) in [6.45, 7) is 3.80. The lowest BCUT2D eigenvalue weighted by atomic mass is 9.95. The molecule has 1 aromatic carbocycles. The van der Waals surface area contributed by atoms with Gasteiger partial charge in [0.15, 0.2) is 0 Å². The molecule has 0 fully saturated rings. The Balaban J connectivity index is 2.89. The van der Waals surface area contributed by atoms with E-state index in [9.17, 15) is 9.59 Å². The molecule has 1 amide bonds. The van der Waals surface area contributed by atoms with Crippen LogP contribution in [0, 0.1) is 0 Å².